The van der Waals surface area contributed by atoms with E-state index in [1.165, 1.54) is 16.7 Å². The molecule has 108 valence electrons. The number of alkyl halides is 3. The Morgan fingerprint density at radius 1 is 1.45 bits per heavy atom. The van der Waals surface area contributed by atoms with Crippen molar-refractivity contribution in [2.24, 2.45) is 0 Å². The third-order valence-electron chi connectivity index (χ3n) is 2.73. The second kappa shape index (κ2) is 5.47. The monoisotopic (exact) mass is 349 g/mol. The molecule has 2 rings (SSSR count). The largest absolute Gasteiger partial charge is 0.462 e. The lowest BCUT2D eigenvalue weighted by molar-refractivity contribution is -0.128. The molecule has 0 spiro atoms. The molecule has 0 aromatic carbocycles. The third kappa shape index (κ3) is 2.98. The summed E-state index contributed by atoms with van der Waals surface area (Å²) in [5.74, 6) is -0.748. The number of esters is 1. The van der Waals surface area contributed by atoms with Crippen LogP contribution in [0, 0.1) is 0 Å². The van der Waals surface area contributed by atoms with Crippen LogP contribution in [0.5, 0.6) is 0 Å². The normalized spacial score (nSPS) is 11.8. The van der Waals surface area contributed by atoms with Gasteiger partial charge in [-0.15, -0.1) is 0 Å². The molecule has 0 N–H and O–H groups in total. The van der Waals surface area contributed by atoms with Crippen LogP contribution in [0.2, 0.25) is 0 Å². The number of pyridine rings is 1. The van der Waals surface area contributed by atoms with Crippen LogP contribution in [0.25, 0.3) is 5.52 Å². The first-order chi connectivity index (χ1) is 9.33. The van der Waals surface area contributed by atoms with E-state index in [0.717, 1.165) is 0 Å². The van der Waals surface area contributed by atoms with E-state index >= 15 is 0 Å². The first-order valence-corrected chi connectivity index (χ1v) is 6.65. The van der Waals surface area contributed by atoms with E-state index in [-0.39, 0.29) is 17.9 Å². The van der Waals surface area contributed by atoms with Crippen molar-refractivity contribution in [3.63, 3.8) is 0 Å². The Bertz CT molecular complexity index is 649. The summed E-state index contributed by atoms with van der Waals surface area (Å²) in [6.45, 7) is 1.71. The minimum atomic E-state index is -4.40. The van der Waals surface area contributed by atoms with Crippen LogP contribution in [0.15, 0.2) is 28.9 Å². The predicted octanol–water partition coefficient (Wildman–Crippen LogP) is 3.98. The smallest absolute Gasteiger partial charge is 0.394 e. The van der Waals surface area contributed by atoms with Gasteiger partial charge in [0, 0.05) is 16.4 Å². The maximum Gasteiger partial charge on any atom is 0.394 e. The van der Waals surface area contributed by atoms with Crippen LogP contribution < -0.4 is 0 Å². The Hall–Kier alpha value is -1.50. The summed E-state index contributed by atoms with van der Waals surface area (Å²) in [7, 11) is 0. The molecule has 7 heteroatoms. The van der Waals surface area contributed by atoms with E-state index < -0.39 is 18.6 Å². The van der Waals surface area contributed by atoms with Gasteiger partial charge in [-0.25, -0.2) is 4.79 Å². The Kier molecular flexibility index (Phi) is 4.08. The van der Waals surface area contributed by atoms with Crippen LogP contribution in [-0.4, -0.2) is 23.2 Å². The van der Waals surface area contributed by atoms with Crippen molar-refractivity contribution in [2.45, 2.75) is 19.5 Å². The van der Waals surface area contributed by atoms with Gasteiger partial charge in [-0.2, -0.15) is 13.2 Å². The number of hydrogen-bond acceptors (Lipinski definition) is 2. The van der Waals surface area contributed by atoms with E-state index in [0.29, 0.717) is 9.99 Å². The summed E-state index contributed by atoms with van der Waals surface area (Å²) in [6.07, 6.45) is -4.10. The summed E-state index contributed by atoms with van der Waals surface area (Å²) in [5, 5.41) is 0. The molecule has 0 fully saturated rings. The maximum absolute atomic E-state index is 12.7. The SMILES string of the molecule is CCOC(=O)c1cc2c(Br)cccn2c1CC(F)(F)F. The highest BCUT2D eigenvalue weighted by Crippen LogP contribution is 2.29. The zero-order valence-electron chi connectivity index (χ0n) is 10.5. The van der Waals surface area contributed by atoms with Crippen molar-refractivity contribution >= 4 is 27.4 Å². The van der Waals surface area contributed by atoms with Gasteiger partial charge >= 0.3 is 12.1 Å². The fourth-order valence-electron chi connectivity index (χ4n) is 1.97. The standard InChI is InChI=1S/C13H11BrF3NO2/c1-2-20-12(19)8-6-10-9(14)4-3-5-18(10)11(8)7-13(15,16)17/h3-6H,2,7H2,1H3. The van der Waals surface area contributed by atoms with Crippen LogP contribution in [0.1, 0.15) is 23.0 Å². The molecular formula is C13H11BrF3NO2. The number of carbonyl (C=O) groups is 1. The topological polar surface area (TPSA) is 30.7 Å². The molecule has 2 heterocycles. The lowest BCUT2D eigenvalue weighted by atomic mass is 10.2. The van der Waals surface area contributed by atoms with E-state index in [4.69, 9.17) is 4.74 Å². The van der Waals surface area contributed by atoms with E-state index in [9.17, 15) is 18.0 Å². The molecule has 3 nitrogen and oxygen atoms in total. The van der Waals surface area contributed by atoms with E-state index in [1.807, 2.05) is 0 Å². The summed E-state index contributed by atoms with van der Waals surface area (Å²) >= 11 is 3.26. The molecule has 0 atom stereocenters. The number of aromatic nitrogens is 1. The average molecular weight is 350 g/mol. The minimum Gasteiger partial charge on any atom is -0.462 e. The summed E-state index contributed by atoms with van der Waals surface area (Å²) < 4.78 is 44.9. The molecule has 0 aliphatic carbocycles. The highest BCUT2D eigenvalue weighted by atomic mass is 79.9. The van der Waals surface area contributed by atoms with Crippen molar-refractivity contribution in [1.82, 2.24) is 4.40 Å². The predicted molar refractivity (Wildman–Crippen MR) is 70.8 cm³/mol. The molecule has 20 heavy (non-hydrogen) atoms. The molecule has 0 radical (unpaired) electrons. The van der Waals surface area contributed by atoms with Crippen LogP contribution in [0.4, 0.5) is 13.2 Å². The number of fused-ring (bicyclic) bond motifs is 1. The molecule has 0 amide bonds. The number of halogens is 4. The maximum atomic E-state index is 12.7. The van der Waals surface area contributed by atoms with Crippen molar-refractivity contribution < 1.29 is 22.7 Å². The Labute approximate surface area is 121 Å². The second-order valence-electron chi connectivity index (χ2n) is 4.13. The molecule has 2 aromatic rings. The third-order valence-corrected chi connectivity index (χ3v) is 3.40. The summed E-state index contributed by atoms with van der Waals surface area (Å²) in [5.41, 5.74) is 0.318. The first-order valence-electron chi connectivity index (χ1n) is 5.86. The van der Waals surface area contributed by atoms with Gasteiger partial charge in [0.25, 0.3) is 0 Å². The van der Waals surface area contributed by atoms with Crippen LogP contribution >= 0.6 is 15.9 Å². The van der Waals surface area contributed by atoms with Crippen LogP contribution in [-0.2, 0) is 11.2 Å². The zero-order valence-corrected chi connectivity index (χ0v) is 12.1. The molecule has 0 saturated carbocycles. The minimum absolute atomic E-state index is 0.0592. The fourth-order valence-corrected chi connectivity index (χ4v) is 2.43. The van der Waals surface area contributed by atoms with Crippen LogP contribution in [0.3, 0.4) is 0 Å². The fraction of sp³-hybridized carbons (Fsp3) is 0.308. The molecular weight excluding hydrogens is 339 g/mol. The van der Waals surface area contributed by atoms with E-state index in [2.05, 4.69) is 15.9 Å². The lowest BCUT2D eigenvalue weighted by Crippen LogP contribution is -2.17. The second-order valence-corrected chi connectivity index (χ2v) is 4.98. The van der Waals surface area contributed by atoms with Gasteiger partial charge < -0.3 is 9.14 Å². The van der Waals surface area contributed by atoms with Crippen molar-refractivity contribution in [1.29, 1.82) is 0 Å². The Balaban J connectivity index is 2.63. The number of nitrogens with zero attached hydrogens (tertiary/aromatic N) is 1. The quantitative estimate of drug-likeness (QED) is 0.784. The van der Waals surface area contributed by atoms with Gasteiger partial charge in [-0.05, 0) is 41.1 Å². The Morgan fingerprint density at radius 2 is 2.15 bits per heavy atom. The molecule has 0 unspecified atom stereocenters. The average Bonchev–Trinajstić information content (AvgIpc) is 2.68. The highest BCUT2D eigenvalue weighted by molar-refractivity contribution is 9.10. The highest BCUT2D eigenvalue weighted by Gasteiger charge is 2.32. The van der Waals surface area contributed by atoms with Crippen molar-refractivity contribution in [2.75, 3.05) is 6.61 Å². The van der Waals surface area contributed by atoms with Gasteiger partial charge in [0.2, 0.25) is 0 Å². The number of carbonyl (C=O) groups excluding carboxylic acids is 1. The van der Waals surface area contributed by atoms with Gasteiger partial charge in [0.05, 0.1) is 24.1 Å². The van der Waals surface area contributed by atoms with Gasteiger partial charge in [0.15, 0.2) is 0 Å². The van der Waals surface area contributed by atoms with Gasteiger partial charge in [-0.3, -0.25) is 0 Å². The molecule has 0 aliphatic heterocycles. The molecule has 0 bridgehead atoms. The van der Waals surface area contributed by atoms with Crippen molar-refractivity contribution in [3.05, 3.63) is 40.1 Å². The first kappa shape index (κ1) is 14.9. The Morgan fingerprint density at radius 3 is 2.75 bits per heavy atom. The number of ether oxygens (including phenoxy) is 1. The van der Waals surface area contributed by atoms with Gasteiger partial charge in [-0.1, -0.05) is 0 Å². The van der Waals surface area contributed by atoms with Crippen molar-refractivity contribution in [3.8, 4) is 0 Å². The zero-order chi connectivity index (χ0) is 14.9. The number of hydrogen-bond donors (Lipinski definition) is 0. The summed E-state index contributed by atoms with van der Waals surface area (Å²) in [6, 6.07) is 4.71. The summed E-state index contributed by atoms with van der Waals surface area (Å²) in [4.78, 5) is 11.8. The molecule has 2 aromatic heterocycles. The molecule has 0 aliphatic rings. The van der Waals surface area contributed by atoms with E-state index in [1.54, 1.807) is 19.1 Å². The lowest BCUT2D eigenvalue weighted by Gasteiger charge is -2.09. The number of rotatable bonds is 3. The van der Waals surface area contributed by atoms with Gasteiger partial charge in [0.1, 0.15) is 0 Å². The molecule has 0 saturated heterocycles.